The van der Waals surface area contributed by atoms with Crippen molar-refractivity contribution in [3.8, 4) is 5.75 Å². The van der Waals surface area contributed by atoms with Gasteiger partial charge in [0.15, 0.2) is 6.61 Å². The molecule has 0 saturated carbocycles. The fourth-order valence-corrected chi connectivity index (χ4v) is 1.33. The molecule has 1 aromatic carbocycles. The first-order valence-electron chi connectivity index (χ1n) is 3.82. The van der Waals surface area contributed by atoms with Gasteiger partial charge in [0.2, 0.25) is 0 Å². The van der Waals surface area contributed by atoms with Gasteiger partial charge < -0.3 is 9.84 Å². The van der Waals surface area contributed by atoms with Gasteiger partial charge in [-0.2, -0.15) is 8.42 Å². The van der Waals surface area contributed by atoms with Crippen LogP contribution in [0.4, 0.5) is 0 Å². The zero-order valence-corrected chi connectivity index (χ0v) is 8.27. The number of carboxylic acid groups (broad SMARTS) is 1. The molecular weight excluding hydrogens is 247 g/mol. The van der Waals surface area contributed by atoms with Gasteiger partial charge in [-0.15, -0.1) is 0 Å². The Balaban J connectivity index is 0.00000225. The number of hydrogen-bond acceptors (Lipinski definition) is 4. The number of aliphatic carboxylic acids is 1. The van der Waals surface area contributed by atoms with Gasteiger partial charge >= 0.3 is 35.5 Å². The molecule has 2 N–H and O–H groups in total. The fraction of sp³-hybridized carbons (Fsp3) is 0.125. The summed E-state index contributed by atoms with van der Waals surface area (Å²) in [5.74, 6) is -0.918. The van der Waals surface area contributed by atoms with Crippen LogP contribution in [0.2, 0.25) is 0 Å². The van der Waals surface area contributed by atoms with E-state index >= 15 is 0 Å². The molecule has 0 aliphatic carbocycles. The van der Waals surface area contributed by atoms with Gasteiger partial charge in [0.05, 0.1) is 4.90 Å². The second kappa shape index (κ2) is 6.21. The molecule has 0 fully saturated rings. The number of rotatable bonds is 4. The van der Waals surface area contributed by atoms with Crippen LogP contribution in [0.15, 0.2) is 29.2 Å². The molecule has 0 atom stereocenters. The Kier molecular flexibility index (Phi) is 5.98. The summed E-state index contributed by atoms with van der Waals surface area (Å²) >= 11 is 0. The molecule has 0 aliphatic heterocycles. The van der Waals surface area contributed by atoms with Crippen molar-refractivity contribution >= 4 is 45.6 Å². The maximum absolute atomic E-state index is 10.6. The summed E-state index contributed by atoms with van der Waals surface area (Å²) in [6, 6.07) is 4.75. The molecule has 0 aliphatic rings. The van der Waals surface area contributed by atoms with Crippen LogP contribution in [0.25, 0.3) is 0 Å². The number of ether oxygens (including phenoxy) is 1. The van der Waals surface area contributed by atoms with Crippen LogP contribution < -0.4 is 4.74 Å². The normalized spacial score (nSPS) is 10.3. The predicted molar refractivity (Wildman–Crippen MR) is 56.5 cm³/mol. The molecular formula is C8H9NaO6S. The molecule has 0 spiro atoms. The molecule has 16 heavy (non-hydrogen) atoms. The number of hydrogen-bond donors (Lipinski definition) is 2. The monoisotopic (exact) mass is 256 g/mol. The van der Waals surface area contributed by atoms with E-state index in [0.717, 1.165) is 12.1 Å². The van der Waals surface area contributed by atoms with Crippen LogP contribution >= 0.6 is 0 Å². The summed E-state index contributed by atoms with van der Waals surface area (Å²) in [7, 11) is -4.22. The van der Waals surface area contributed by atoms with Crippen molar-refractivity contribution < 1.29 is 27.6 Å². The number of carboxylic acids is 1. The van der Waals surface area contributed by atoms with Crippen molar-refractivity contribution in [1.82, 2.24) is 0 Å². The Morgan fingerprint density at radius 1 is 1.25 bits per heavy atom. The number of benzene rings is 1. The predicted octanol–water partition coefficient (Wildman–Crippen LogP) is -0.252. The van der Waals surface area contributed by atoms with Crippen molar-refractivity contribution in [3.05, 3.63) is 24.3 Å². The van der Waals surface area contributed by atoms with Crippen molar-refractivity contribution in [1.29, 1.82) is 0 Å². The Morgan fingerprint density at radius 3 is 2.12 bits per heavy atom. The molecule has 0 unspecified atom stereocenters. The van der Waals surface area contributed by atoms with E-state index in [9.17, 15) is 13.2 Å². The minimum absolute atomic E-state index is 0. The SMILES string of the molecule is O=C(O)COc1ccc(S(=O)(=O)O)cc1.[NaH]. The third-order valence-electron chi connectivity index (χ3n) is 1.48. The van der Waals surface area contributed by atoms with Gasteiger partial charge in [0, 0.05) is 0 Å². The van der Waals surface area contributed by atoms with Gasteiger partial charge in [-0.25, -0.2) is 4.79 Å². The van der Waals surface area contributed by atoms with E-state index in [2.05, 4.69) is 0 Å². The fourth-order valence-electron chi connectivity index (χ4n) is 0.853. The van der Waals surface area contributed by atoms with E-state index in [4.69, 9.17) is 14.4 Å². The summed E-state index contributed by atoms with van der Waals surface area (Å²) in [6.45, 7) is -0.509. The van der Waals surface area contributed by atoms with Crippen molar-refractivity contribution in [2.24, 2.45) is 0 Å². The summed E-state index contributed by atoms with van der Waals surface area (Å²) < 4.78 is 34.7. The van der Waals surface area contributed by atoms with E-state index < -0.39 is 22.7 Å². The van der Waals surface area contributed by atoms with Crippen LogP contribution in [0.5, 0.6) is 5.75 Å². The first kappa shape index (κ1) is 15.4. The molecule has 0 heterocycles. The zero-order valence-electron chi connectivity index (χ0n) is 7.45. The molecule has 6 nitrogen and oxygen atoms in total. The molecule has 0 amide bonds. The minimum atomic E-state index is -4.22. The number of carbonyl (C=O) groups is 1. The molecule has 84 valence electrons. The molecule has 0 aromatic heterocycles. The summed E-state index contributed by atoms with van der Waals surface area (Å²) in [5.41, 5.74) is 0. The maximum atomic E-state index is 10.6. The van der Waals surface area contributed by atoms with E-state index in [-0.39, 0.29) is 40.2 Å². The van der Waals surface area contributed by atoms with Crippen LogP contribution in [0, 0.1) is 0 Å². The summed E-state index contributed by atoms with van der Waals surface area (Å²) in [5, 5.41) is 8.30. The first-order valence-corrected chi connectivity index (χ1v) is 5.26. The Hall–Kier alpha value is -0.600. The van der Waals surface area contributed by atoms with E-state index in [1.807, 2.05) is 0 Å². The van der Waals surface area contributed by atoms with Crippen LogP contribution in [0.1, 0.15) is 0 Å². The summed E-state index contributed by atoms with van der Waals surface area (Å²) in [4.78, 5) is 9.86. The second-order valence-corrected chi connectivity index (χ2v) is 4.05. The molecule has 0 saturated heterocycles. The van der Waals surface area contributed by atoms with Crippen molar-refractivity contribution in [2.75, 3.05) is 6.61 Å². The van der Waals surface area contributed by atoms with Gasteiger partial charge in [-0.3, -0.25) is 4.55 Å². The van der Waals surface area contributed by atoms with Gasteiger partial charge in [-0.1, -0.05) is 0 Å². The third-order valence-corrected chi connectivity index (χ3v) is 2.35. The Morgan fingerprint density at radius 2 is 1.75 bits per heavy atom. The van der Waals surface area contributed by atoms with Gasteiger partial charge in [-0.05, 0) is 24.3 Å². The van der Waals surface area contributed by atoms with Crippen molar-refractivity contribution in [2.45, 2.75) is 4.90 Å². The van der Waals surface area contributed by atoms with E-state index in [1.54, 1.807) is 0 Å². The standard InChI is InChI=1S/C8H8O6S.Na.H/c9-8(10)5-14-6-1-3-7(4-2-6)15(11,12)13;;/h1-4H,5H2,(H,9,10)(H,11,12,13);;. The molecule has 1 rings (SSSR count). The van der Waals surface area contributed by atoms with Crippen LogP contribution in [-0.2, 0) is 14.9 Å². The zero-order chi connectivity index (χ0) is 11.5. The molecule has 0 radical (unpaired) electrons. The van der Waals surface area contributed by atoms with Crippen LogP contribution in [0.3, 0.4) is 0 Å². The quantitative estimate of drug-likeness (QED) is 0.569. The van der Waals surface area contributed by atoms with Gasteiger partial charge in [0.25, 0.3) is 10.1 Å². The topological polar surface area (TPSA) is 101 Å². The Labute approximate surface area is 114 Å². The molecule has 1 aromatic rings. The average molecular weight is 256 g/mol. The molecule has 0 bridgehead atoms. The van der Waals surface area contributed by atoms with Crippen molar-refractivity contribution in [3.63, 3.8) is 0 Å². The van der Waals surface area contributed by atoms with E-state index in [1.165, 1.54) is 12.1 Å². The summed E-state index contributed by atoms with van der Waals surface area (Å²) in [6.07, 6.45) is 0. The molecule has 8 heteroatoms. The van der Waals surface area contributed by atoms with Crippen LogP contribution in [-0.4, -0.2) is 60.2 Å². The Bertz CT molecular complexity index is 452. The van der Waals surface area contributed by atoms with E-state index in [0.29, 0.717) is 0 Å². The average Bonchev–Trinajstić information content (AvgIpc) is 2.14. The third kappa shape index (κ3) is 4.95. The first-order chi connectivity index (χ1) is 6.89. The van der Waals surface area contributed by atoms with Gasteiger partial charge in [0.1, 0.15) is 5.75 Å². The second-order valence-electron chi connectivity index (χ2n) is 2.63.